The third-order valence-electron chi connectivity index (χ3n) is 3.35. The lowest BCUT2D eigenvalue weighted by Gasteiger charge is -2.23. The average molecular weight is 284 g/mol. The normalized spacial score (nSPS) is 10.2. The Labute approximate surface area is 125 Å². The number of carbonyl (C=O) groups is 1. The van der Waals surface area contributed by atoms with Crippen LogP contribution in [0, 0.1) is 6.92 Å². The third kappa shape index (κ3) is 2.99. The fraction of sp³-hybridized carbons (Fsp3) is 0.235. The zero-order valence-electron chi connectivity index (χ0n) is 12.6. The molecule has 2 N–H and O–H groups in total. The molecule has 0 heterocycles. The van der Waals surface area contributed by atoms with Gasteiger partial charge in [0.1, 0.15) is 0 Å². The number of nitrogens with two attached hydrogens (primary N) is 1. The summed E-state index contributed by atoms with van der Waals surface area (Å²) in [6, 6.07) is 13.1. The Kier molecular flexibility index (Phi) is 4.48. The maximum absolute atomic E-state index is 12.8. The van der Waals surface area contributed by atoms with E-state index in [1.54, 1.807) is 23.1 Å². The number of nitrogen functional groups attached to an aromatic ring is 1. The summed E-state index contributed by atoms with van der Waals surface area (Å²) in [4.78, 5) is 14.5. The van der Waals surface area contributed by atoms with Gasteiger partial charge in [0.15, 0.2) is 5.75 Å². The van der Waals surface area contributed by atoms with Gasteiger partial charge in [0.2, 0.25) is 0 Å². The third-order valence-corrected chi connectivity index (χ3v) is 3.35. The van der Waals surface area contributed by atoms with Crippen LogP contribution < -0.4 is 15.4 Å². The van der Waals surface area contributed by atoms with E-state index in [1.807, 2.05) is 38.1 Å². The van der Waals surface area contributed by atoms with Crippen LogP contribution in [0.3, 0.4) is 0 Å². The van der Waals surface area contributed by atoms with Crippen molar-refractivity contribution < 1.29 is 9.53 Å². The molecular formula is C17H20N2O2. The number of hydrogen-bond donors (Lipinski definition) is 1. The van der Waals surface area contributed by atoms with Gasteiger partial charge in [0, 0.05) is 12.2 Å². The number of hydrogen-bond acceptors (Lipinski definition) is 3. The van der Waals surface area contributed by atoms with Gasteiger partial charge in [-0.05, 0) is 43.7 Å². The lowest BCUT2D eigenvalue weighted by molar-refractivity contribution is 0.0985. The van der Waals surface area contributed by atoms with Crippen LogP contribution in [0.1, 0.15) is 22.8 Å². The molecule has 2 aromatic rings. The Morgan fingerprint density at radius 2 is 1.95 bits per heavy atom. The molecule has 0 saturated carbocycles. The molecule has 1 amide bonds. The first-order valence-electron chi connectivity index (χ1n) is 6.89. The zero-order chi connectivity index (χ0) is 15.4. The highest BCUT2D eigenvalue weighted by atomic mass is 16.5. The van der Waals surface area contributed by atoms with Crippen molar-refractivity contribution in [2.45, 2.75) is 13.8 Å². The number of anilines is 2. The number of ether oxygens (including phenoxy) is 1. The van der Waals surface area contributed by atoms with Gasteiger partial charge in [-0.2, -0.15) is 0 Å². The second kappa shape index (κ2) is 6.31. The Bertz CT molecular complexity index is 653. The Morgan fingerprint density at radius 3 is 2.57 bits per heavy atom. The lowest BCUT2D eigenvalue weighted by Crippen LogP contribution is -2.31. The van der Waals surface area contributed by atoms with Crippen molar-refractivity contribution in [3.63, 3.8) is 0 Å². The number of nitrogens with zero attached hydrogens (tertiary/aromatic N) is 1. The minimum absolute atomic E-state index is 0.118. The van der Waals surface area contributed by atoms with Gasteiger partial charge in [0.25, 0.3) is 5.91 Å². The smallest absolute Gasteiger partial charge is 0.262 e. The van der Waals surface area contributed by atoms with E-state index < -0.39 is 0 Å². The summed E-state index contributed by atoms with van der Waals surface area (Å²) in [7, 11) is 1.52. The summed E-state index contributed by atoms with van der Waals surface area (Å²) >= 11 is 0. The summed E-state index contributed by atoms with van der Waals surface area (Å²) in [6.45, 7) is 4.52. The average Bonchev–Trinajstić information content (AvgIpc) is 2.47. The quantitative estimate of drug-likeness (QED) is 0.877. The first-order valence-corrected chi connectivity index (χ1v) is 6.89. The van der Waals surface area contributed by atoms with Crippen LogP contribution in [0.2, 0.25) is 0 Å². The number of methoxy groups -OCH3 is 1. The van der Waals surface area contributed by atoms with Gasteiger partial charge >= 0.3 is 0 Å². The molecule has 2 rings (SSSR count). The molecule has 0 unspecified atom stereocenters. The summed E-state index contributed by atoms with van der Waals surface area (Å²) < 4.78 is 5.28. The van der Waals surface area contributed by atoms with E-state index in [-0.39, 0.29) is 5.91 Å². The van der Waals surface area contributed by atoms with Gasteiger partial charge < -0.3 is 15.4 Å². The molecule has 0 saturated heterocycles. The van der Waals surface area contributed by atoms with E-state index in [9.17, 15) is 4.79 Å². The van der Waals surface area contributed by atoms with Crippen molar-refractivity contribution in [1.82, 2.24) is 0 Å². The predicted octanol–water partition coefficient (Wildman–Crippen LogP) is 3.25. The molecule has 110 valence electrons. The predicted molar refractivity (Wildman–Crippen MR) is 85.9 cm³/mol. The fourth-order valence-corrected chi connectivity index (χ4v) is 2.34. The molecule has 0 aromatic heterocycles. The second-order valence-electron chi connectivity index (χ2n) is 4.82. The summed E-state index contributed by atoms with van der Waals surface area (Å²) in [5.41, 5.74) is 8.79. The first kappa shape index (κ1) is 14.9. The van der Waals surface area contributed by atoms with Crippen molar-refractivity contribution in [3.05, 3.63) is 53.6 Å². The van der Waals surface area contributed by atoms with Gasteiger partial charge in [0.05, 0.1) is 18.4 Å². The van der Waals surface area contributed by atoms with E-state index in [0.29, 0.717) is 23.5 Å². The highest BCUT2D eigenvalue weighted by molar-refractivity contribution is 6.08. The second-order valence-corrected chi connectivity index (χ2v) is 4.82. The van der Waals surface area contributed by atoms with Gasteiger partial charge in [-0.25, -0.2) is 0 Å². The van der Waals surface area contributed by atoms with Crippen molar-refractivity contribution >= 4 is 17.3 Å². The molecule has 0 atom stereocenters. The zero-order valence-corrected chi connectivity index (χ0v) is 12.6. The highest BCUT2D eigenvalue weighted by Crippen LogP contribution is 2.28. The van der Waals surface area contributed by atoms with E-state index in [2.05, 4.69) is 0 Å². The molecule has 0 bridgehead atoms. The summed E-state index contributed by atoms with van der Waals surface area (Å²) in [6.07, 6.45) is 0. The van der Waals surface area contributed by atoms with Crippen LogP contribution in [0.25, 0.3) is 0 Å². The Balaban J connectivity index is 2.44. The van der Waals surface area contributed by atoms with E-state index in [1.165, 1.54) is 7.11 Å². The summed E-state index contributed by atoms with van der Waals surface area (Å²) in [5.74, 6) is 0.306. The monoisotopic (exact) mass is 284 g/mol. The van der Waals surface area contributed by atoms with Crippen molar-refractivity contribution in [1.29, 1.82) is 0 Å². The number of rotatable bonds is 4. The number of amides is 1. The van der Waals surface area contributed by atoms with E-state index in [0.717, 1.165) is 11.3 Å². The fourth-order valence-electron chi connectivity index (χ4n) is 2.34. The largest absolute Gasteiger partial charge is 0.494 e. The molecule has 0 fully saturated rings. The van der Waals surface area contributed by atoms with E-state index in [4.69, 9.17) is 10.5 Å². The minimum atomic E-state index is -0.118. The molecular weight excluding hydrogens is 264 g/mol. The van der Waals surface area contributed by atoms with Crippen LogP contribution in [0.4, 0.5) is 11.4 Å². The topological polar surface area (TPSA) is 55.6 Å². The molecule has 0 aliphatic carbocycles. The Morgan fingerprint density at radius 1 is 1.24 bits per heavy atom. The molecule has 0 aliphatic heterocycles. The van der Waals surface area contributed by atoms with Crippen LogP contribution in [-0.2, 0) is 0 Å². The molecule has 0 spiro atoms. The maximum Gasteiger partial charge on any atom is 0.262 e. The van der Waals surface area contributed by atoms with Crippen LogP contribution >= 0.6 is 0 Å². The van der Waals surface area contributed by atoms with Crippen molar-refractivity contribution in [3.8, 4) is 5.75 Å². The number of aryl methyl sites for hydroxylation is 1. The molecule has 0 aliphatic rings. The molecule has 4 nitrogen and oxygen atoms in total. The van der Waals surface area contributed by atoms with Gasteiger partial charge in [-0.15, -0.1) is 0 Å². The molecule has 2 aromatic carbocycles. The molecule has 0 radical (unpaired) electrons. The van der Waals surface area contributed by atoms with Crippen molar-refractivity contribution in [2.75, 3.05) is 24.3 Å². The van der Waals surface area contributed by atoms with Gasteiger partial charge in [-0.3, -0.25) is 4.79 Å². The molecule has 4 heteroatoms. The summed E-state index contributed by atoms with van der Waals surface area (Å²) in [5, 5.41) is 0. The lowest BCUT2D eigenvalue weighted by atomic mass is 10.1. The van der Waals surface area contributed by atoms with E-state index >= 15 is 0 Å². The van der Waals surface area contributed by atoms with Crippen molar-refractivity contribution in [2.24, 2.45) is 0 Å². The SMILES string of the molecule is CCN(C(=O)c1cccc(N)c1OC)c1cccc(C)c1. The number of carbonyl (C=O) groups excluding carboxylic acids is 1. The molecule has 21 heavy (non-hydrogen) atoms. The standard InChI is InChI=1S/C17H20N2O2/c1-4-19(13-8-5-7-12(2)11-13)17(20)14-9-6-10-15(18)16(14)21-3/h5-11H,4,18H2,1-3H3. The maximum atomic E-state index is 12.8. The van der Waals surface area contributed by atoms with Crippen LogP contribution in [0.15, 0.2) is 42.5 Å². The van der Waals surface area contributed by atoms with Crippen LogP contribution in [-0.4, -0.2) is 19.6 Å². The highest BCUT2D eigenvalue weighted by Gasteiger charge is 2.21. The number of benzene rings is 2. The Hall–Kier alpha value is -2.49. The minimum Gasteiger partial charge on any atom is -0.494 e. The van der Waals surface area contributed by atoms with Gasteiger partial charge in [-0.1, -0.05) is 18.2 Å². The first-order chi connectivity index (χ1) is 10.1. The number of para-hydroxylation sites is 1. The van der Waals surface area contributed by atoms with Crippen LogP contribution in [0.5, 0.6) is 5.75 Å².